The fourth-order valence-corrected chi connectivity index (χ4v) is 3.63. The second-order valence-electron chi connectivity index (χ2n) is 7.69. The van der Waals surface area contributed by atoms with Crippen LogP contribution in [0.15, 0.2) is 0 Å². The molecular formula is C21H41NaO7S. The molecule has 0 spiro atoms. The molecule has 1 atom stereocenters. The van der Waals surface area contributed by atoms with Crippen molar-refractivity contribution in [3.05, 3.63) is 0 Å². The molecular weight excluding hydrogens is 419 g/mol. The van der Waals surface area contributed by atoms with Crippen molar-refractivity contribution in [2.45, 2.75) is 116 Å². The zero-order valence-electron chi connectivity index (χ0n) is 19.1. The zero-order chi connectivity index (χ0) is 21.8. The van der Waals surface area contributed by atoms with Crippen LogP contribution in [0.25, 0.3) is 0 Å². The van der Waals surface area contributed by atoms with Gasteiger partial charge in [-0.15, -0.1) is 0 Å². The summed E-state index contributed by atoms with van der Waals surface area (Å²) in [5.41, 5.74) is 0. The normalized spacial score (nSPS) is 12.4. The molecule has 0 bridgehead atoms. The number of ether oxygens (including phenoxy) is 1. The van der Waals surface area contributed by atoms with Gasteiger partial charge in [-0.05, 0) is 6.42 Å². The van der Waals surface area contributed by atoms with Crippen molar-refractivity contribution in [3.63, 3.8) is 0 Å². The first kappa shape index (κ1) is 32.5. The number of hydrogen-bond acceptors (Lipinski definition) is 7. The van der Waals surface area contributed by atoms with E-state index in [9.17, 15) is 17.8 Å². The van der Waals surface area contributed by atoms with Crippen LogP contribution in [0.1, 0.15) is 110 Å². The van der Waals surface area contributed by atoms with E-state index in [1.54, 1.807) is 0 Å². The van der Waals surface area contributed by atoms with E-state index < -0.39 is 35.7 Å². The van der Waals surface area contributed by atoms with Crippen LogP contribution >= 0.6 is 0 Å². The number of aliphatic hydroxyl groups is 1. The van der Waals surface area contributed by atoms with E-state index in [1.807, 2.05) is 0 Å². The molecule has 7 nitrogen and oxygen atoms in total. The van der Waals surface area contributed by atoms with E-state index in [-0.39, 0.29) is 36.0 Å². The summed E-state index contributed by atoms with van der Waals surface area (Å²) in [5.74, 6) is -0.481. The summed E-state index contributed by atoms with van der Waals surface area (Å²) in [6, 6.07) is 0. The molecule has 0 aliphatic heterocycles. The molecule has 0 fully saturated rings. The largest absolute Gasteiger partial charge is 1.00 e. The molecule has 0 radical (unpaired) electrons. The molecule has 0 aromatic rings. The third-order valence-electron chi connectivity index (χ3n) is 4.87. The molecule has 0 saturated heterocycles. The first-order chi connectivity index (χ1) is 13.9. The Morgan fingerprint density at radius 2 is 1.23 bits per heavy atom. The summed E-state index contributed by atoms with van der Waals surface area (Å²) in [6.45, 7) is 1.08. The van der Waals surface area contributed by atoms with Crippen LogP contribution in [-0.2, 0) is 24.1 Å². The molecule has 0 amide bonds. The molecule has 0 heterocycles. The van der Waals surface area contributed by atoms with Gasteiger partial charge in [0.1, 0.15) is 12.7 Å². The SMILES string of the molecule is CCCCCCCCCCCCCCCCCC(=O)OCC(CO)OS(=O)(=O)[O-].[Na+]. The minimum absolute atomic E-state index is 0. The number of hydrogen-bond donors (Lipinski definition) is 1. The molecule has 30 heavy (non-hydrogen) atoms. The Bertz CT molecular complexity index is 486. The van der Waals surface area contributed by atoms with Gasteiger partial charge in [-0.1, -0.05) is 96.8 Å². The van der Waals surface area contributed by atoms with E-state index in [1.165, 1.54) is 77.0 Å². The van der Waals surface area contributed by atoms with Gasteiger partial charge >= 0.3 is 35.5 Å². The monoisotopic (exact) mass is 460 g/mol. The van der Waals surface area contributed by atoms with Gasteiger partial charge in [0.25, 0.3) is 0 Å². The van der Waals surface area contributed by atoms with Gasteiger partial charge in [0, 0.05) is 6.42 Å². The van der Waals surface area contributed by atoms with E-state index in [2.05, 4.69) is 11.1 Å². The molecule has 1 unspecified atom stereocenters. The maximum atomic E-state index is 11.6. The third-order valence-corrected chi connectivity index (χ3v) is 5.38. The van der Waals surface area contributed by atoms with Crippen LogP contribution in [-0.4, -0.2) is 43.4 Å². The second kappa shape index (κ2) is 22.5. The summed E-state index contributed by atoms with van der Waals surface area (Å²) in [6.07, 6.45) is 17.5. The van der Waals surface area contributed by atoms with Gasteiger partial charge in [0.2, 0.25) is 10.4 Å². The summed E-state index contributed by atoms with van der Waals surface area (Å²) < 4.78 is 40.2. The first-order valence-electron chi connectivity index (χ1n) is 11.3. The predicted octanol–water partition coefficient (Wildman–Crippen LogP) is 1.63. The Kier molecular flexibility index (Phi) is 24.4. The summed E-state index contributed by atoms with van der Waals surface area (Å²) in [7, 11) is -4.93. The smallest absolute Gasteiger partial charge is 0.726 e. The van der Waals surface area contributed by atoms with E-state index in [0.29, 0.717) is 6.42 Å². The molecule has 0 aliphatic carbocycles. The van der Waals surface area contributed by atoms with E-state index in [4.69, 9.17) is 9.84 Å². The predicted molar refractivity (Wildman–Crippen MR) is 112 cm³/mol. The minimum atomic E-state index is -4.93. The molecule has 0 rings (SSSR count). The second-order valence-corrected chi connectivity index (χ2v) is 8.70. The van der Waals surface area contributed by atoms with Crippen molar-refractivity contribution in [1.82, 2.24) is 0 Å². The quantitative estimate of drug-likeness (QED) is 0.0911. The molecule has 174 valence electrons. The summed E-state index contributed by atoms with van der Waals surface area (Å²) in [5, 5.41) is 8.90. The van der Waals surface area contributed by atoms with Gasteiger partial charge in [-0.3, -0.25) is 8.98 Å². The summed E-state index contributed by atoms with van der Waals surface area (Å²) in [4.78, 5) is 11.6. The Labute approximate surface area is 205 Å². The molecule has 0 aromatic heterocycles. The molecule has 0 aromatic carbocycles. The Morgan fingerprint density at radius 1 is 0.833 bits per heavy atom. The maximum Gasteiger partial charge on any atom is 1.00 e. The average molecular weight is 461 g/mol. The number of carbonyl (C=O) groups excluding carboxylic acids is 1. The zero-order valence-corrected chi connectivity index (χ0v) is 21.9. The van der Waals surface area contributed by atoms with E-state index in [0.717, 1.165) is 12.8 Å². The molecule has 0 aliphatic rings. The summed E-state index contributed by atoms with van der Waals surface area (Å²) >= 11 is 0. The van der Waals surface area contributed by atoms with Crippen molar-refractivity contribution < 1.29 is 61.3 Å². The third kappa shape index (κ3) is 24.6. The maximum absolute atomic E-state index is 11.6. The van der Waals surface area contributed by atoms with Gasteiger partial charge < -0.3 is 14.4 Å². The van der Waals surface area contributed by atoms with Gasteiger partial charge in [0.15, 0.2) is 0 Å². The minimum Gasteiger partial charge on any atom is -0.726 e. The van der Waals surface area contributed by atoms with Crippen LogP contribution in [0.2, 0.25) is 0 Å². The van der Waals surface area contributed by atoms with Crippen LogP contribution in [0.4, 0.5) is 0 Å². The van der Waals surface area contributed by atoms with Crippen LogP contribution < -0.4 is 29.6 Å². The fourth-order valence-electron chi connectivity index (χ4n) is 3.18. The van der Waals surface area contributed by atoms with Crippen molar-refractivity contribution >= 4 is 16.4 Å². The number of carbonyl (C=O) groups is 1. The topological polar surface area (TPSA) is 113 Å². The Balaban J connectivity index is 0. The molecule has 0 saturated carbocycles. The van der Waals surface area contributed by atoms with Crippen LogP contribution in [0.3, 0.4) is 0 Å². The fraction of sp³-hybridized carbons (Fsp3) is 0.952. The van der Waals surface area contributed by atoms with Crippen LogP contribution in [0, 0.1) is 0 Å². The van der Waals surface area contributed by atoms with Crippen molar-refractivity contribution in [1.29, 1.82) is 0 Å². The number of esters is 1. The Hall–Kier alpha value is 0.300. The average Bonchev–Trinajstić information content (AvgIpc) is 2.67. The van der Waals surface area contributed by atoms with Gasteiger partial charge in [0.05, 0.1) is 6.61 Å². The Morgan fingerprint density at radius 3 is 1.60 bits per heavy atom. The van der Waals surface area contributed by atoms with Crippen LogP contribution in [0.5, 0.6) is 0 Å². The molecule has 9 heteroatoms. The van der Waals surface area contributed by atoms with Crippen molar-refractivity contribution in [3.8, 4) is 0 Å². The number of rotatable bonds is 21. The van der Waals surface area contributed by atoms with Gasteiger partial charge in [-0.25, -0.2) is 8.42 Å². The molecule has 1 N–H and O–H groups in total. The number of unbranched alkanes of at least 4 members (excludes halogenated alkanes) is 14. The van der Waals surface area contributed by atoms with Crippen molar-refractivity contribution in [2.75, 3.05) is 13.2 Å². The van der Waals surface area contributed by atoms with E-state index >= 15 is 0 Å². The number of aliphatic hydroxyl groups excluding tert-OH is 1. The standard InChI is InChI=1S/C21H42O7S.Na/c1-2-3-4-5-6-7-8-9-10-11-12-13-14-15-16-17-21(23)27-19-20(18-22)28-29(24,25)26;/h20,22H,2-19H2,1H3,(H,24,25,26);/q;+1/p-1. The van der Waals surface area contributed by atoms with Crippen molar-refractivity contribution in [2.24, 2.45) is 0 Å². The first-order valence-corrected chi connectivity index (χ1v) is 12.6. The van der Waals surface area contributed by atoms with Gasteiger partial charge in [-0.2, -0.15) is 0 Å².